The summed E-state index contributed by atoms with van der Waals surface area (Å²) in [7, 11) is 3.53. The van der Waals surface area contributed by atoms with E-state index in [1.54, 1.807) is 7.11 Å². The van der Waals surface area contributed by atoms with E-state index in [4.69, 9.17) is 4.74 Å². The van der Waals surface area contributed by atoms with E-state index in [2.05, 4.69) is 36.1 Å². The van der Waals surface area contributed by atoms with E-state index < -0.39 is 5.60 Å². The van der Waals surface area contributed by atoms with Crippen LogP contribution in [0.25, 0.3) is 0 Å². The average molecular weight is 237 g/mol. The third-order valence-electron chi connectivity index (χ3n) is 2.80. The van der Waals surface area contributed by atoms with Crippen molar-refractivity contribution in [1.82, 2.24) is 9.97 Å². The summed E-state index contributed by atoms with van der Waals surface area (Å²) in [4.78, 5) is 9.08. The smallest absolute Gasteiger partial charge is 0.162 e. The van der Waals surface area contributed by atoms with E-state index >= 15 is 0 Å². The molecule has 0 aromatic carbocycles. The quantitative estimate of drug-likeness (QED) is 0.878. The van der Waals surface area contributed by atoms with Gasteiger partial charge in [0.1, 0.15) is 11.4 Å². The minimum Gasteiger partial charge on any atom is -0.373 e. The number of hydrogen-bond donors (Lipinski definition) is 1. The number of hydrogen-bond acceptors (Lipinski definition) is 4. The Hall–Kier alpha value is -1.16. The summed E-state index contributed by atoms with van der Waals surface area (Å²) >= 11 is 0. The predicted molar refractivity (Wildman–Crippen MR) is 70.3 cm³/mol. The molecule has 1 N–H and O–H groups in total. The van der Waals surface area contributed by atoms with E-state index in [9.17, 15) is 0 Å². The number of rotatable bonds is 3. The zero-order chi connectivity index (χ0) is 13.3. The van der Waals surface area contributed by atoms with Crippen molar-refractivity contribution in [2.24, 2.45) is 0 Å². The summed E-state index contributed by atoms with van der Waals surface area (Å²) in [6, 6.07) is 1.98. The summed E-state index contributed by atoms with van der Waals surface area (Å²) in [5, 5.41) is 3.07. The maximum Gasteiger partial charge on any atom is 0.162 e. The lowest BCUT2D eigenvalue weighted by atomic mass is 9.91. The first kappa shape index (κ1) is 13.9. The number of nitrogens with zero attached hydrogens (tertiary/aromatic N) is 2. The largest absolute Gasteiger partial charge is 0.373 e. The van der Waals surface area contributed by atoms with Crippen LogP contribution in [0.5, 0.6) is 0 Å². The van der Waals surface area contributed by atoms with Crippen molar-refractivity contribution < 1.29 is 4.74 Å². The lowest BCUT2D eigenvalue weighted by Crippen LogP contribution is -2.26. The van der Waals surface area contributed by atoms with Crippen molar-refractivity contribution in [3.05, 3.63) is 17.6 Å². The van der Waals surface area contributed by atoms with Gasteiger partial charge in [0.15, 0.2) is 5.82 Å². The molecule has 4 nitrogen and oxygen atoms in total. The standard InChI is InChI=1S/C13H23N3O/c1-12(2,3)9-8-10(14-6)16-11(15-9)13(4,5)17-7/h8H,1-7H3,(H,14,15,16). The molecule has 0 amide bonds. The van der Waals surface area contributed by atoms with Gasteiger partial charge < -0.3 is 10.1 Å². The van der Waals surface area contributed by atoms with Crippen molar-refractivity contribution in [3.8, 4) is 0 Å². The Morgan fingerprint density at radius 1 is 1.12 bits per heavy atom. The van der Waals surface area contributed by atoms with Gasteiger partial charge in [-0.15, -0.1) is 0 Å². The van der Waals surface area contributed by atoms with Crippen LogP contribution in [0.4, 0.5) is 5.82 Å². The molecule has 1 aromatic rings. The summed E-state index contributed by atoms with van der Waals surface area (Å²) in [5.41, 5.74) is 0.525. The molecule has 0 aliphatic heterocycles. The van der Waals surface area contributed by atoms with Gasteiger partial charge in [-0.25, -0.2) is 9.97 Å². The molecule has 1 rings (SSSR count). The van der Waals surface area contributed by atoms with Gasteiger partial charge in [-0.2, -0.15) is 0 Å². The van der Waals surface area contributed by atoms with Crippen LogP contribution in [-0.2, 0) is 15.8 Å². The van der Waals surface area contributed by atoms with Crippen molar-refractivity contribution in [1.29, 1.82) is 0 Å². The second-order valence-corrected chi connectivity index (χ2v) is 5.68. The Labute approximate surface area is 104 Å². The Bertz CT molecular complexity index is 394. The second-order valence-electron chi connectivity index (χ2n) is 5.68. The highest BCUT2D eigenvalue weighted by Crippen LogP contribution is 2.27. The van der Waals surface area contributed by atoms with Crippen molar-refractivity contribution >= 4 is 5.82 Å². The molecule has 0 spiro atoms. The molecule has 0 aliphatic carbocycles. The molecule has 96 valence electrons. The minimum atomic E-state index is -0.479. The number of anilines is 1. The fourth-order valence-corrected chi connectivity index (χ4v) is 1.32. The van der Waals surface area contributed by atoms with Crippen LogP contribution >= 0.6 is 0 Å². The van der Waals surface area contributed by atoms with E-state index in [1.807, 2.05) is 27.0 Å². The van der Waals surface area contributed by atoms with Crippen LogP contribution in [0.15, 0.2) is 6.07 Å². The first-order valence-corrected chi connectivity index (χ1v) is 5.83. The molecule has 0 atom stereocenters. The predicted octanol–water partition coefficient (Wildman–Crippen LogP) is 2.70. The van der Waals surface area contributed by atoms with E-state index in [0.29, 0.717) is 5.82 Å². The molecule has 4 heteroatoms. The Kier molecular flexibility index (Phi) is 3.77. The summed E-state index contributed by atoms with van der Waals surface area (Å²) < 4.78 is 5.44. The number of ether oxygens (including phenoxy) is 1. The monoisotopic (exact) mass is 237 g/mol. The van der Waals surface area contributed by atoms with Crippen LogP contribution in [0.1, 0.15) is 46.1 Å². The lowest BCUT2D eigenvalue weighted by molar-refractivity contribution is 0.0113. The molecule has 0 unspecified atom stereocenters. The third-order valence-corrected chi connectivity index (χ3v) is 2.80. The number of aromatic nitrogens is 2. The lowest BCUT2D eigenvalue weighted by Gasteiger charge is -2.25. The average Bonchev–Trinajstić information content (AvgIpc) is 2.27. The first-order valence-electron chi connectivity index (χ1n) is 5.83. The van der Waals surface area contributed by atoms with Crippen LogP contribution in [0.3, 0.4) is 0 Å². The van der Waals surface area contributed by atoms with Gasteiger partial charge in [0, 0.05) is 25.6 Å². The Balaban J connectivity index is 3.34. The first-order chi connectivity index (χ1) is 7.70. The van der Waals surface area contributed by atoms with Crippen LogP contribution in [0, 0.1) is 0 Å². The Morgan fingerprint density at radius 3 is 2.12 bits per heavy atom. The third kappa shape index (κ3) is 3.16. The van der Waals surface area contributed by atoms with Gasteiger partial charge in [0.05, 0.1) is 5.69 Å². The summed E-state index contributed by atoms with van der Waals surface area (Å²) in [5.74, 6) is 1.53. The van der Waals surface area contributed by atoms with Gasteiger partial charge in [-0.05, 0) is 13.8 Å². The normalized spacial score (nSPS) is 12.6. The summed E-state index contributed by atoms with van der Waals surface area (Å²) in [6.45, 7) is 10.3. The molecular formula is C13H23N3O. The van der Waals surface area contributed by atoms with Gasteiger partial charge in [0.25, 0.3) is 0 Å². The highest BCUT2D eigenvalue weighted by molar-refractivity contribution is 5.37. The second kappa shape index (κ2) is 4.61. The molecule has 17 heavy (non-hydrogen) atoms. The SMILES string of the molecule is CNc1cc(C(C)(C)C)nc(C(C)(C)OC)n1. The molecular weight excluding hydrogens is 214 g/mol. The number of nitrogens with one attached hydrogen (secondary N) is 1. The van der Waals surface area contributed by atoms with Gasteiger partial charge in [0.2, 0.25) is 0 Å². The molecule has 1 aromatic heterocycles. The van der Waals surface area contributed by atoms with Crippen LogP contribution in [-0.4, -0.2) is 24.1 Å². The zero-order valence-corrected chi connectivity index (χ0v) is 11.9. The molecule has 0 bridgehead atoms. The van der Waals surface area contributed by atoms with Crippen molar-refractivity contribution in [3.63, 3.8) is 0 Å². The molecule has 0 saturated carbocycles. The maximum absolute atomic E-state index is 5.44. The minimum absolute atomic E-state index is 0.00683. The molecule has 0 aliphatic rings. The van der Waals surface area contributed by atoms with Crippen molar-refractivity contribution in [2.45, 2.75) is 45.6 Å². The topological polar surface area (TPSA) is 47.0 Å². The molecule has 0 saturated heterocycles. The summed E-state index contributed by atoms with van der Waals surface area (Å²) in [6.07, 6.45) is 0. The van der Waals surface area contributed by atoms with Gasteiger partial charge in [-0.3, -0.25) is 0 Å². The van der Waals surface area contributed by atoms with Crippen LogP contribution in [0.2, 0.25) is 0 Å². The Morgan fingerprint density at radius 2 is 1.71 bits per heavy atom. The zero-order valence-electron chi connectivity index (χ0n) is 11.9. The maximum atomic E-state index is 5.44. The van der Waals surface area contributed by atoms with E-state index in [1.165, 1.54) is 0 Å². The molecule has 0 radical (unpaired) electrons. The number of methoxy groups -OCH3 is 1. The van der Waals surface area contributed by atoms with Gasteiger partial charge in [-0.1, -0.05) is 20.8 Å². The van der Waals surface area contributed by atoms with Crippen LogP contribution < -0.4 is 5.32 Å². The van der Waals surface area contributed by atoms with E-state index in [-0.39, 0.29) is 5.41 Å². The van der Waals surface area contributed by atoms with Crippen molar-refractivity contribution in [2.75, 3.05) is 19.5 Å². The molecule has 1 heterocycles. The fraction of sp³-hybridized carbons (Fsp3) is 0.692. The molecule has 0 fully saturated rings. The van der Waals surface area contributed by atoms with E-state index in [0.717, 1.165) is 11.5 Å². The fourth-order valence-electron chi connectivity index (χ4n) is 1.32. The highest BCUT2D eigenvalue weighted by Gasteiger charge is 2.26. The highest BCUT2D eigenvalue weighted by atomic mass is 16.5. The van der Waals surface area contributed by atoms with Gasteiger partial charge >= 0.3 is 0 Å².